The highest BCUT2D eigenvalue weighted by atomic mass is 32.2. The van der Waals surface area contributed by atoms with Crippen molar-refractivity contribution in [3.63, 3.8) is 0 Å². The number of sulfonamides is 1. The van der Waals surface area contributed by atoms with E-state index in [1.807, 2.05) is 36.4 Å². The van der Waals surface area contributed by atoms with E-state index >= 15 is 0 Å². The van der Waals surface area contributed by atoms with E-state index < -0.39 is 10.0 Å². The molecule has 8 rings (SSSR count). The first-order chi connectivity index (χ1) is 18.8. The second-order valence-electron chi connectivity index (χ2n) is 12.0. The van der Waals surface area contributed by atoms with Crippen LogP contribution in [0.5, 0.6) is 0 Å². The predicted octanol–water partition coefficient (Wildman–Crippen LogP) is 5.50. The Morgan fingerprint density at radius 3 is 2.13 bits per heavy atom. The van der Waals surface area contributed by atoms with Gasteiger partial charge in [0.15, 0.2) is 0 Å². The van der Waals surface area contributed by atoms with Gasteiger partial charge in [-0.25, -0.2) is 8.42 Å². The lowest BCUT2D eigenvalue weighted by molar-refractivity contribution is -0.384. The molecule has 5 aliphatic rings. The number of hydrogen-bond acceptors (Lipinski definition) is 6. The molecule has 1 saturated heterocycles. The molecule has 1 N–H and O–H groups in total. The average molecular weight is 547 g/mol. The third-order valence-corrected chi connectivity index (χ3v) is 11.6. The van der Waals surface area contributed by atoms with Gasteiger partial charge in [-0.2, -0.15) is 4.31 Å². The summed E-state index contributed by atoms with van der Waals surface area (Å²) in [5.41, 5.74) is 1.61. The fourth-order valence-corrected chi connectivity index (χ4v) is 9.46. The van der Waals surface area contributed by atoms with Gasteiger partial charge in [0.05, 0.1) is 9.82 Å². The lowest BCUT2D eigenvalue weighted by Gasteiger charge is -2.54. The van der Waals surface area contributed by atoms with Crippen molar-refractivity contribution < 1.29 is 13.3 Å². The van der Waals surface area contributed by atoms with Crippen molar-refractivity contribution in [2.24, 2.45) is 23.7 Å². The zero-order chi connectivity index (χ0) is 26.7. The zero-order valence-corrected chi connectivity index (χ0v) is 22.7. The Kier molecular flexibility index (Phi) is 6.04. The molecule has 39 heavy (non-hydrogen) atoms. The van der Waals surface area contributed by atoms with E-state index in [0.29, 0.717) is 54.6 Å². The van der Waals surface area contributed by atoms with Gasteiger partial charge in [0.25, 0.3) is 5.69 Å². The highest BCUT2D eigenvalue weighted by Gasteiger charge is 2.48. The van der Waals surface area contributed by atoms with E-state index in [2.05, 4.69) is 10.2 Å². The summed E-state index contributed by atoms with van der Waals surface area (Å²) in [6.07, 6.45) is 6.34. The monoisotopic (exact) mass is 546 g/mol. The second-order valence-corrected chi connectivity index (χ2v) is 13.9. The number of piperazine rings is 1. The Balaban J connectivity index is 1.08. The summed E-state index contributed by atoms with van der Waals surface area (Å²) in [6.45, 7) is 1.79. The van der Waals surface area contributed by atoms with Crippen LogP contribution in [0.1, 0.15) is 32.1 Å². The molecule has 204 valence electrons. The number of fused-ring (bicyclic) bond motifs is 1. The van der Waals surface area contributed by atoms with Crippen LogP contribution in [-0.2, 0) is 10.0 Å². The van der Waals surface area contributed by atoms with Crippen LogP contribution in [0.4, 0.5) is 17.1 Å². The van der Waals surface area contributed by atoms with Crippen LogP contribution in [0.25, 0.3) is 10.8 Å². The van der Waals surface area contributed by atoms with Crippen molar-refractivity contribution in [1.29, 1.82) is 0 Å². The summed E-state index contributed by atoms with van der Waals surface area (Å²) in [4.78, 5) is 14.1. The van der Waals surface area contributed by atoms with Gasteiger partial charge in [-0.1, -0.05) is 30.3 Å². The molecule has 0 radical (unpaired) electrons. The molecule has 3 aromatic rings. The minimum absolute atomic E-state index is 0.116. The number of nitrogens with one attached hydrogen (secondary N) is 1. The Morgan fingerprint density at radius 2 is 1.46 bits per heavy atom. The Morgan fingerprint density at radius 1 is 0.795 bits per heavy atom. The van der Waals surface area contributed by atoms with Crippen molar-refractivity contribution in [3.8, 4) is 0 Å². The molecule has 0 atom stereocenters. The van der Waals surface area contributed by atoms with Gasteiger partial charge in [0, 0.05) is 44.0 Å². The molecular weight excluding hydrogens is 512 g/mol. The third-order valence-electron chi connectivity index (χ3n) is 9.69. The number of rotatable bonds is 6. The molecule has 4 saturated carbocycles. The molecule has 3 aromatic carbocycles. The molecule has 0 spiro atoms. The van der Waals surface area contributed by atoms with E-state index in [-0.39, 0.29) is 10.6 Å². The normalized spacial score (nSPS) is 28.6. The molecule has 1 heterocycles. The maximum atomic E-state index is 13.4. The van der Waals surface area contributed by atoms with Crippen LogP contribution in [0.15, 0.2) is 65.6 Å². The van der Waals surface area contributed by atoms with Gasteiger partial charge in [0.2, 0.25) is 10.0 Å². The molecule has 8 nitrogen and oxygen atoms in total. The van der Waals surface area contributed by atoms with Crippen LogP contribution in [0.3, 0.4) is 0 Å². The van der Waals surface area contributed by atoms with Crippen LogP contribution >= 0.6 is 0 Å². The summed E-state index contributed by atoms with van der Waals surface area (Å²) < 4.78 is 28.4. The number of nitro benzene ring substituents is 1. The first-order valence-corrected chi connectivity index (χ1v) is 15.6. The maximum Gasteiger partial charge on any atom is 0.292 e. The van der Waals surface area contributed by atoms with E-state index in [1.165, 1.54) is 32.1 Å². The highest BCUT2D eigenvalue weighted by molar-refractivity contribution is 7.89. The Labute approximate surface area is 229 Å². The first-order valence-electron chi connectivity index (χ1n) is 14.1. The zero-order valence-electron chi connectivity index (χ0n) is 21.9. The lowest BCUT2D eigenvalue weighted by atomic mass is 9.54. The van der Waals surface area contributed by atoms with E-state index in [4.69, 9.17) is 0 Å². The predicted molar refractivity (Wildman–Crippen MR) is 152 cm³/mol. The van der Waals surface area contributed by atoms with Crippen molar-refractivity contribution in [2.75, 3.05) is 36.4 Å². The van der Waals surface area contributed by atoms with Gasteiger partial charge in [-0.15, -0.1) is 0 Å². The van der Waals surface area contributed by atoms with Crippen molar-refractivity contribution >= 4 is 37.9 Å². The molecular formula is C30H34N4O4S. The van der Waals surface area contributed by atoms with Crippen LogP contribution in [0.2, 0.25) is 0 Å². The fraction of sp³-hybridized carbons (Fsp3) is 0.467. The molecule has 9 heteroatoms. The van der Waals surface area contributed by atoms with E-state index in [9.17, 15) is 18.5 Å². The summed E-state index contributed by atoms with van der Waals surface area (Å²) in [6, 6.07) is 18.7. The van der Waals surface area contributed by atoms with Crippen LogP contribution < -0.4 is 10.2 Å². The second kappa shape index (κ2) is 9.48. The molecule has 5 fully saturated rings. The van der Waals surface area contributed by atoms with Crippen molar-refractivity contribution in [2.45, 2.75) is 43.0 Å². The summed E-state index contributed by atoms with van der Waals surface area (Å²) in [5.74, 6) is 2.89. The highest BCUT2D eigenvalue weighted by Crippen LogP contribution is 2.54. The average Bonchev–Trinajstić information content (AvgIpc) is 2.94. The van der Waals surface area contributed by atoms with Gasteiger partial charge < -0.3 is 10.2 Å². The molecule has 0 amide bonds. The smallest absolute Gasteiger partial charge is 0.292 e. The van der Waals surface area contributed by atoms with Gasteiger partial charge >= 0.3 is 0 Å². The topological polar surface area (TPSA) is 95.8 Å². The van der Waals surface area contributed by atoms with E-state index in [1.54, 1.807) is 28.6 Å². The standard InChI is InChI=1S/C30H34N4O4S/c35-34(36)29-8-6-26(19-28(29)31-30-24-14-20-13-21(16-24)17-25(30)15-20)32-9-11-33(12-10-32)39(37,38)27-7-5-22-3-1-2-4-23(22)18-27/h1-8,18-21,24-25,30-31H,9-17H2. The summed E-state index contributed by atoms with van der Waals surface area (Å²) in [5, 5.41) is 17.5. The number of hydrogen-bond donors (Lipinski definition) is 1. The fourth-order valence-electron chi connectivity index (χ4n) is 8.00. The summed E-state index contributed by atoms with van der Waals surface area (Å²) in [7, 11) is -3.61. The molecule has 4 aliphatic carbocycles. The molecule has 0 unspecified atom stereocenters. The number of nitrogens with zero attached hydrogens (tertiary/aromatic N) is 3. The Hall–Kier alpha value is -3.17. The minimum Gasteiger partial charge on any atom is -0.376 e. The summed E-state index contributed by atoms with van der Waals surface area (Å²) >= 11 is 0. The Bertz CT molecular complexity index is 1500. The largest absolute Gasteiger partial charge is 0.376 e. The van der Waals surface area contributed by atoms with Gasteiger partial charge in [-0.05, 0) is 90.8 Å². The van der Waals surface area contributed by atoms with Gasteiger partial charge in [0.1, 0.15) is 5.69 Å². The lowest BCUT2D eigenvalue weighted by Crippen LogP contribution is -2.51. The SMILES string of the molecule is O=[N+]([O-])c1ccc(N2CCN(S(=O)(=O)c3ccc4ccccc4c3)CC2)cc1NC1C2CC3CC(C2)CC1C3. The van der Waals surface area contributed by atoms with Gasteiger partial charge in [-0.3, -0.25) is 10.1 Å². The minimum atomic E-state index is -3.61. The maximum absolute atomic E-state index is 13.4. The molecule has 4 bridgehead atoms. The van der Waals surface area contributed by atoms with Crippen LogP contribution in [0, 0.1) is 33.8 Å². The van der Waals surface area contributed by atoms with E-state index in [0.717, 1.165) is 28.3 Å². The number of nitro groups is 1. The molecule has 0 aromatic heterocycles. The third kappa shape index (κ3) is 4.45. The first kappa shape index (κ1) is 24.8. The number of anilines is 2. The van der Waals surface area contributed by atoms with Crippen molar-refractivity contribution in [3.05, 3.63) is 70.8 Å². The van der Waals surface area contributed by atoms with Crippen LogP contribution in [-0.4, -0.2) is 49.9 Å². The molecule has 1 aliphatic heterocycles. The number of benzene rings is 3. The quantitative estimate of drug-likeness (QED) is 0.324. The van der Waals surface area contributed by atoms with Crippen molar-refractivity contribution in [1.82, 2.24) is 4.31 Å².